The predicted molar refractivity (Wildman–Crippen MR) is 70.1 cm³/mol. The van der Waals surface area contributed by atoms with Crippen molar-refractivity contribution in [1.82, 2.24) is 10.2 Å². The highest BCUT2D eigenvalue weighted by molar-refractivity contribution is 5.50. The van der Waals surface area contributed by atoms with Crippen molar-refractivity contribution in [3.8, 4) is 11.5 Å². The molecule has 3 rings (SSSR count). The van der Waals surface area contributed by atoms with Crippen LogP contribution in [0.25, 0.3) is 0 Å². The molecule has 0 bridgehead atoms. The van der Waals surface area contributed by atoms with Gasteiger partial charge in [0, 0.05) is 37.8 Å². The highest BCUT2D eigenvalue weighted by Gasteiger charge is 2.45. The van der Waals surface area contributed by atoms with Crippen LogP contribution in [0.5, 0.6) is 11.5 Å². The predicted octanol–water partition coefficient (Wildman–Crippen LogP) is 2.36. The Hall–Kier alpha value is -1.40. The summed E-state index contributed by atoms with van der Waals surface area (Å²) in [6.07, 6.45) is -2.72. The van der Waals surface area contributed by atoms with Crippen molar-refractivity contribution in [3.05, 3.63) is 23.8 Å². The fourth-order valence-corrected chi connectivity index (χ4v) is 2.92. The minimum Gasteiger partial charge on any atom is -0.395 e. The summed E-state index contributed by atoms with van der Waals surface area (Å²) in [5.41, 5.74) is 0.782. The van der Waals surface area contributed by atoms with Gasteiger partial charge >= 0.3 is 6.29 Å². The Morgan fingerprint density at radius 2 is 2.05 bits per heavy atom. The van der Waals surface area contributed by atoms with E-state index in [1.54, 1.807) is 6.07 Å². The third-order valence-corrected chi connectivity index (χ3v) is 3.80. The number of hydrogen-bond donors (Lipinski definition) is 1. The van der Waals surface area contributed by atoms with Gasteiger partial charge in [0.15, 0.2) is 11.5 Å². The van der Waals surface area contributed by atoms with Crippen molar-refractivity contribution < 1.29 is 18.3 Å². The van der Waals surface area contributed by atoms with Crippen LogP contribution < -0.4 is 14.8 Å². The molecule has 4 nitrogen and oxygen atoms in total. The van der Waals surface area contributed by atoms with Crippen molar-refractivity contribution in [1.29, 1.82) is 0 Å². The van der Waals surface area contributed by atoms with Gasteiger partial charge in [-0.15, -0.1) is 8.78 Å². The Bertz CT molecular complexity index is 490. The van der Waals surface area contributed by atoms with Crippen LogP contribution in [0.1, 0.15) is 24.9 Å². The van der Waals surface area contributed by atoms with Crippen molar-refractivity contribution >= 4 is 0 Å². The van der Waals surface area contributed by atoms with Crippen molar-refractivity contribution in [2.24, 2.45) is 0 Å². The Balaban J connectivity index is 1.91. The molecule has 6 heteroatoms. The highest BCUT2D eigenvalue weighted by Crippen LogP contribution is 2.46. The minimum absolute atomic E-state index is 0.0737. The summed E-state index contributed by atoms with van der Waals surface area (Å²) in [5, 5.41) is 3.29. The summed E-state index contributed by atoms with van der Waals surface area (Å²) in [6, 6.07) is 5.18. The van der Waals surface area contributed by atoms with Gasteiger partial charge in [0.25, 0.3) is 0 Å². The molecule has 0 amide bonds. The number of piperazine rings is 1. The number of fused-ring (bicyclic) bond motifs is 1. The summed E-state index contributed by atoms with van der Waals surface area (Å²) < 4.78 is 35.7. The van der Waals surface area contributed by atoms with E-state index >= 15 is 0 Å². The van der Waals surface area contributed by atoms with E-state index in [2.05, 4.69) is 21.9 Å². The molecule has 2 heterocycles. The van der Waals surface area contributed by atoms with E-state index < -0.39 is 6.29 Å². The molecule has 1 N–H and O–H groups in total. The molecule has 1 aromatic carbocycles. The van der Waals surface area contributed by atoms with E-state index in [1.807, 2.05) is 6.07 Å². The number of nitrogens with zero attached hydrogens (tertiary/aromatic N) is 1. The minimum atomic E-state index is -3.56. The van der Waals surface area contributed by atoms with Crippen molar-refractivity contribution in [2.75, 3.05) is 26.2 Å². The molecule has 1 aromatic rings. The van der Waals surface area contributed by atoms with Crippen LogP contribution >= 0.6 is 0 Å². The first-order valence-corrected chi connectivity index (χ1v) is 6.94. The first-order chi connectivity index (χ1) is 9.61. The first-order valence-electron chi connectivity index (χ1n) is 6.94. The topological polar surface area (TPSA) is 33.7 Å². The van der Waals surface area contributed by atoms with E-state index in [0.29, 0.717) is 0 Å². The summed E-state index contributed by atoms with van der Waals surface area (Å²) in [4.78, 5) is 2.30. The lowest BCUT2D eigenvalue weighted by Crippen LogP contribution is -2.45. The molecule has 0 radical (unpaired) electrons. The van der Waals surface area contributed by atoms with E-state index in [0.717, 1.165) is 38.2 Å². The second-order valence-corrected chi connectivity index (χ2v) is 5.05. The standard InChI is InChI=1S/C14H18F2N2O2/c1-2-11(18-8-6-17-7-9-18)10-4-3-5-12-13(10)20-14(15,16)19-12/h3-5,11,17H,2,6-9H2,1H3/t11-/m0/s1. The number of rotatable bonds is 3. The van der Waals surface area contributed by atoms with Crippen LogP contribution in [-0.4, -0.2) is 37.4 Å². The summed E-state index contributed by atoms with van der Waals surface area (Å²) in [5.74, 6) is 0.309. The van der Waals surface area contributed by atoms with Gasteiger partial charge in [-0.05, 0) is 12.5 Å². The third-order valence-electron chi connectivity index (χ3n) is 3.80. The molecule has 0 spiro atoms. The van der Waals surface area contributed by atoms with Gasteiger partial charge in [0.2, 0.25) is 0 Å². The SMILES string of the molecule is CC[C@@H](c1cccc2c1OC(F)(F)O2)N1CCNCC1. The van der Waals surface area contributed by atoms with Gasteiger partial charge in [-0.3, -0.25) is 4.90 Å². The zero-order chi connectivity index (χ0) is 14.2. The van der Waals surface area contributed by atoms with Gasteiger partial charge in [0.1, 0.15) is 0 Å². The fraction of sp³-hybridized carbons (Fsp3) is 0.571. The summed E-state index contributed by atoms with van der Waals surface area (Å²) >= 11 is 0. The van der Waals surface area contributed by atoms with Crippen LogP contribution in [0.15, 0.2) is 18.2 Å². The van der Waals surface area contributed by atoms with Gasteiger partial charge in [-0.2, -0.15) is 0 Å². The maximum absolute atomic E-state index is 13.3. The molecular formula is C14H18F2N2O2. The largest absolute Gasteiger partial charge is 0.586 e. The zero-order valence-corrected chi connectivity index (χ0v) is 11.4. The molecule has 0 unspecified atom stereocenters. The third kappa shape index (κ3) is 2.45. The Morgan fingerprint density at radius 3 is 2.75 bits per heavy atom. The van der Waals surface area contributed by atoms with Crippen LogP contribution in [0.2, 0.25) is 0 Å². The number of benzene rings is 1. The normalized spacial score (nSPS) is 22.8. The summed E-state index contributed by atoms with van der Waals surface area (Å²) in [7, 11) is 0. The molecule has 0 aliphatic carbocycles. The number of hydrogen-bond acceptors (Lipinski definition) is 4. The quantitative estimate of drug-likeness (QED) is 0.924. The molecule has 20 heavy (non-hydrogen) atoms. The molecular weight excluding hydrogens is 266 g/mol. The van der Waals surface area contributed by atoms with E-state index in [-0.39, 0.29) is 17.5 Å². The zero-order valence-electron chi connectivity index (χ0n) is 11.4. The van der Waals surface area contributed by atoms with E-state index in [9.17, 15) is 8.78 Å². The maximum Gasteiger partial charge on any atom is 0.586 e. The molecule has 2 aliphatic rings. The summed E-state index contributed by atoms with van der Waals surface area (Å²) in [6.45, 7) is 5.69. The van der Waals surface area contributed by atoms with Gasteiger partial charge in [0.05, 0.1) is 0 Å². The van der Waals surface area contributed by atoms with Crippen molar-refractivity contribution in [3.63, 3.8) is 0 Å². The van der Waals surface area contributed by atoms with Gasteiger partial charge in [-0.1, -0.05) is 19.1 Å². The molecule has 1 atom stereocenters. The van der Waals surface area contributed by atoms with E-state index in [4.69, 9.17) is 4.74 Å². The van der Waals surface area contributed by atoms with Crippen LogP contribution in [0.4, 0.5) is 8.78 Å². The average Bonchev–Trinajstić information content (AvgIpc) is 2.75. The van der Waals surface area contributed by atoms with Crippen LogP contribution in [-0.2, 0) is 0 Å². The Morgan fingerprint density at radius 1 is 1.30 bits per heavy atom. The smallest absolute Gasteiger partial charge is 0.395 e. The molecule has 110 valence electrons. The van der Waals surface area contributed by atoms with Crippen LogP contribution in [0.3, 0.4) is 0 Å². The number of para-hydroxylation sites is 1. The van der Waals surface area contributed by atoms with Crippen molar-refractivity contribution in [2.45, 2.75) is 25.7 Å². The molecule has 1 saturated heterocycles. The monoisotopic (exact) mass is 284 g/mol. The van der Waals surface area contributed by atoms with Crippen LogP contribution in [0, 0.1) is 0 Å². The highest BCUT2D eigenvalue weighted by atomic mass is 19.3. The lowest BCUT2D eigenvalue weighted by atomic mass is 10.0. The lowest BCUT2D eigenvalue weighted by Gasteiger charge is -2.35. The molecule has 1 fully saturated rings. The molecule has 2 aliphatic heterocycles. The number of ether oxygens (including phenoxy) is 2. The number of halogens is 2. The number of alkyl halides is 2. The lowest BCUT2D eigenvalue weighted by molar-refractivity contribution is -0.287. The Kier molecular flexibility index (Phi) is 3.52. The van der Waals surface area contributed by atoms with E-state index in [1.165, 1.54) is 6.07 Å². The average molecular weight is 284 g/mol. The fourth-order valence-electron chi connectivity index (χ4n) is 2.92. The second-order valence-electron chi connectivity index (χ2n) is 5.05. The second kappa shape index (κ2) is 5.18. The molecule has 0 saturated carbocycles. The van der Waals surface area contributed by atoms with Gasteiger partial charge in [-0.25, -0.2) is 0 Å². The number of nitrogens with one attached hydrogen (secondary N) is 1. The molecule has 0 aromatic heterocycles. The maximum atomic E-state index is 13.3. The van der Waals surface area contributed by atoms with Gasteiger partial charge < -0.3 is 14.8 Å². The Labute approximate surface area is 116 Å². The first kappa shape index (κ1) is 13.6.